The monoisotopic (exact) mass is 1220 g/mol. The molecule has 10 rings (SSSR count). The molecule has 2 saturated heterocycles. The lowest BCUT2D eigenvalue weighted by atomic mass is 9.79. The van der Waals surface area contributed by atoms with E-state index in [1.54, 1.807) is 35.5 Å². The first kappa shape index (κ1) is 70.8. The van der Waals surface area contributed by atoms with Gasteiger partial charge in [-0.05, 0) is 93.7 Å². The fourth-order valence-corrected chi connectivity index (χ4v) is 11.4. The predicted molar refractivity (Wildman–Crippen MR) is 355 cm³/mol. The highest BCUT2D eigenvalue weighted by Crippen LogP contribution is 2.37. The molecule has 480 valence electrons. The number of methoxy groups -OCH3 is 5. The molecule has 15 nitrogen and oxygen atoms in total. The first-order chi connectivity index (χ1) is 42.4. The summed E-state index contributed by atoms with van der Waals surface area (Å²) in [5, 5.41) is 21.6. The van der Waals surface area contributed by atoms with Crippen LogP contribution in [0.15, 0.2) is 170 Å². The van der Waals surface area contributed by atoms with E-state index in [0.717, 1.165) is 122 Å². The van der Waals surface area contributed by atoms with E-state index < -0.39 is 0 Å². The van der Waals surface area contributed by atoms with Crippen LogP contribution in [0.1, 0.15) is 80.3 Å². The molecule has 2 fully saturated rings. The highest BCUT2D eigenvalue weighted by molar-refractivity contribution is 5.89. The molecule has 0 spiro atoms. The highest BCUT2D eigenvalue weighted by Gasteiger charge is 2.37. The minimum Gasteiger partial charge on any atom is -0.496 e. The molecule has 6 atom stereocenters. The number of hydrogen-bond donors (Lipinski definition) is 3. The van der Waals surface area contributed by atoms with Gasteiger partial charge in [-0.1, -0.05) is 131 Å². The van der Waals surface area contributed by atoms with Gasteiger partial charge in [-0.25, -0.2) is 0 Å². The molecule has 8 aromatic rings. The number of nitrogens with one attached hydrogen (secondary N) is 2. The van der Waals surface area contributed by atoms with Crippen LogP contribution >= 0.6 is 0 Å². The van der Waals surface area contributed by atoms with Gasteiger partial charge in [0.05, 0.1) is 99.6 Å². The summed E-state index contributed by atoms with van der Waals surface area (Å²) in [5.74, 6) is 5.16. The number of para-hydroxylation sites is 2. The fraction of sp³-hybridized carbons (Fsp3) is 0.405. The first-order valence-corrected chi connectivity index (χ1v) is 29.7. The van der Waals surface area contributed by atoms with E-state index in [2.05, 4.69) is 77.4 Å². The van der Waals surface area contributed by atoms with Crippen molar-refractivity contribution in [1.82, 2.24) is 10.6 Å². The van der Waals surface area contributed by atoms with Gasteiger partial charge >= 0.3 is 0 Å². The normalized spacial score (nSPS) is 17.8. The Morgan fingerprint density at radius 2 is 0.831 bits per heavy atom. The minimum atomic E-state index is -0.105. The molecule has 3 N–H and O–H groups in total. The van der Waals surface area contributed by atoms with Gasteiger partial charge in [-0.2, -0.15) is 0 Å². The van der Waals surface area contributed by atoms with Crippen LogP contribution in [0.5, 0.6) is 34.5 Å². The molecule has 89 heavy (non-hydrogen) atoms. The van der Waals surface area contributed by atoms with Gasteiger partial charge in [0.15, 0.2) is 0 Å². The van der Waals surface area contributed by atoms with Gasteiger partial charge in [-0.15, -0.1) is 0 Å². The number of piperidine rings is 2. The van der Waals surface area contributed by atoms with E-state index in [4.69, 9.17) is 56.8 Å². The molecule has 0 saturated carbocycles. The van der Waals surface area contributed by atoms with Crippen LogP contribution in [-0.2, 0) is 54.8 Å². The van der Waals surface area contributed by atoms with E-state index in [9.17, 15) is 5.11 Å². The second-order valence-corrected chi connectivity index (χ2v) is 21.4. The number of benzene rings is 8. The Hall–Kier alpha value is -7.28. The summed E-state index contributed by atoms with van der Waals surface area (Å²) in [6.45, 7) is 7.50. The molecule has 2 heterocycles. The molecule has 8 aromatic carbocycles. The van der Waals surface area contributed by atoms with Crippen molar-refractivity contribution in [3.63, 3.8) is 0 Å². The third-order valence-electron chi connectivity index (χ3n) is 15.8. The maximum atomic E-state index is 10.2. The van der Waals surface area contributed by atoms with Crippen LogP contribution in [0.4, 0.5) is 0 Å². The molecule has 2 aliphatic heterocycles. The van der Waals surface area contributed by atoms with E-state index in [1.165, 1.54) is 0 Å². The smallest absolute Gasteiger partial charge is 0.146 e. The Morgan fingerprint density at radius 1 is 0.416 bits per heavy atom. The molecule has 0 radical (unpaired) electrons. The van der Waals surface area contributed by atoms with Crippen molar-refractivity contribution in [2.75, 3.05) is 102 Å². The topological polar surface area (TPSA) is 155 Å². The Morgan fingerprint density at radius 3 is 1.29 bits per heavy atom. The Balaban J connectivity index is 0.000000275. The summed E-state index contributed by atoms with van der Waals surface area (Å²) in [6, 6.07) is 57.1. The van der Waals surface area contributed by atoms with Gasteiger partial charge in [0.1, 0.15) is 41.3 Å². The fourth-order valence-electron chi connectivity index (χ4n) is 11.4. The van der Waals surface area contributed by atoms with Gasteiger partial charge in [0.25, 0.3) is 0 Å². The number of hydrogen-bond acceptors (Lipinski definition) is 15. The van der Waals surface area contributed by atoms with Gasteiger partial charge in [0, 0.05) is 92.4 Å². The van der Waals surface area contributed by atoms with Crippen LogP contribution in [0, 0.1) is 5.92 Å². The maximum Gasteiger partial charge on any atom is 0.146 e. The van der Waals surface area contributed by atoms with Gasteiger partial charge in [0.2, 0.25) is 0 Å². The lowest BCUT2D eigenvalue weighted by Crippen LogP contribution is -2.50. The van der Waals surface area contributed by atoms with Crippen LogP contribution < -0.4 is 39.1 Å². The molecule has 0 unspecified atom stereocenters. The highest BCUT2D eigenvalue weighted by atomic mass is 16.7. The minimum absolute atomic E-state index is 0. The van der Waals surface area contributed by atoms with E-state index in [0.29, 0.717) is 59.4 Å². The van der Waals surface area contributed by atoms with E-state index >= 15 is 0 Å². The van der Waals surface area contributed by atoms with Crippen molar-refractivity contribution in [3.8, 4) is 34.5 Å². The van der Waals surface area contributed by atoms with E-state index in [-0.39, 0.29) is 71.7 Å². The number of ether oxygens (including phenoxy) is 12. The first-order valence-electron chi connectivity index (χ1n) is 29.7. The maximum absolute atomic E-state index is 10.2. The van der Waals surface area contributed by atoms with Crippen LogP contribution in [0.3, 0.4) is 0 Å². The molecular weight excluding hydrogens is 1120 g/mol. The summed E-state index contributed by atoms with van der Waals surface area (Å²) in [5.41, 5.74) is 6.48. The van der Waals surface area contributed by atoms with Gasteiger partial charge in [-0.3, -0.25) is 0 Å². The zero-order valence-electron chi connectivity index (χ0n) is 50.3. The third-order valence-corrected chi connectivity index (χ3v) is 15.8. The molecule has 0 bridgehead atoms. The number of fused-ring (bicyclic) bond motifs is 2. The van der Waals surface area contributed by atoms with Crippen molar-refractivity contribution < 1.29 is 61.9 Å². The summed E-state index contributed by atoms with van der Waals surface area (Å²) in [6.07, 6.45) is 1.28. The predicted octanol–water partition coefficient (Wildman–Crippen LogP) is 13.7. The number of aliphatic hydroxyl groups is 1. The Labute approximate surface area is 528 Å². The molecule has 0 amide bonds. The Kier molecular flexibility index (Phi) is 30.0. The molecule has 15 heteroatoms. The SMILES string of the molecule is C.C.C.COCO[C@@H]1CNC[C@H](OCc2cc(OC)c3ccccc3c2)[C@H]1c1ccc(OCCCOCc2ccccc2OC)cc1.COc1ccccc1COCCCOc1ccc([C@H]2[C@H](CO)CNC[C@@H]2OCc2cc(OC)c3ccccc3c2)cc1. The third kappa shape index (κ3) is 19.9. The summed E-state index contributed by atoms with van der Waals surface area (Å²) >= 11 is 0. The van der Waals surface area contributed by atoms with Crippen LogP contribution in [0.2, 0.25) is 0 Å². The lowest BCUT2D eigenvalue weighted by Gasteiger charge is -2.38. The van der Waals surface area contributed by atoms with Gasteiger partial charge < -0.3 is 72.6 Å². The quantitative estimate of drug-likeness (QED) is 0.0289. The zero-order chi connectivity index (χ0) is 59.7. The molecule has 0 aliphatic carbocycles. The van der Waals surface area contributed by atoms with Crippen LogP contribution in [-0.4, -0.2) is 125 Å². The Bertz CT molecular complexity index is 3290. The lowest BCUT2D eigenvalue weighted by molar-refractivity contribution is -0.113. The average Bonchev–Trinajstić information content (AvgIpc) is 1.55. The van der Waals surface area contributed by atoms with Crippen molar-refractivity contribution in [1.29, 1.82) is 0 Å². The molecule has 0 aromatic heterocycles. The number of aliphatic hydroxyl groups excluding tert-OH is 1. The summed E-state index contributed by atoms with van der Waals surface area (Å²) < 4.78 is 70.2. The summed E-state index contributed by atoms with van der Waals surface area (Å²) in [4.78, 5) is 0. The second-order valence-electron chi connectivity index (χ2n) is 21.4. The zero-order valence-corrected chi connectivity index (χ0v) is 50.3. The second kappa shape index (κ2) is 37.7. The standard InChI is InChI=1S/C36H43NO7.C35H41NO6.3CH4/c1-38-25-44-35-22-37-21-34(43-23-26-19-28-9-4-6-11-31(28)33(20-26)40-3)36(35)27-13-15-30(16-14-27)42-18-8-17-41-24-29-10-5-7-12-32(29)39-2;1-38-32-11-6-4-9-28(32)24-40-16-7-17-41-30-14-12-26(13-15-30)35-29(22-37)20-36-21-34(35)42-23-25-18-27-8-3-5-10-31(27)33(19-25)39-2;;;/h4-7,9-16,19-20,34-37H,8,17-18,21-25H2,1-3H3;3-6,8-15,18-19,29,34-37H,7,16-17,20-24H2,1-2H3;3*1H4/t34-,35+,36+;29-,34-,35-;;;/m00.../s1. The van der Waals surface area contributed by atoms with Crippen LogP contribution in [0.25, 0.3) is 21.5 Å². The van der Waals surface area contributed by atoms with E-state index in [1.807, 2.05) is 103 Å². The number of rotatable bonds is 30. The van der Waals surface area contributed by atoms with Crippen molar-refractivity contribution in [3.05, 3.63) is 203 Å². The average molecular weight is 1220 g/mol. The van der Waals surface area contributed by atoms with Crippen molar-refractivity contribution in [2.24, 2.45) is 5.92 Å². The summed E-state index contributed by atoms with van der Waals surface area (Å²) in [7, 11) is 8.39. The van der Waals surface area contributed by atoms with Crippen molar-refractivity contribution >= 4 is 21.5 Å². The van der Waals surface area contributed by atoms with Crippen molar-refractivity contribution in [2.45, 2.75) is 91.7 Å². The largest absolute Gasteiger partial charge is 0.496 e. The molecular formula is C74H96N2O13. The molecule has 2 aliphatic rings.